The number of aliphatic hydroxyl groups is 1. The molecule has 6 aliphatic rings. The average Bonchev–Trinajstić information content (AvgIpc) is 3.83. The Morgan fingerprint density at radius 2 is 1.76 bits per heavy atom. The molecule has 5 fully saturated rings. The standard InChI is InChI=1S/C48H61F2N9O7/c1-4-38-46(64)56(2)39-23-51-47(54-43(39)59(38)30-9-5-6-10-30)52-37-13-11-29(18-40(37)65-3)44(62)55-48(15-17-60)21-32-26-66-27-33(22-48)58(32)25-28-8-7-16-57(24-28)31-19-35(49)42(36(50)20-31)34-12-14-41(61)53-45(34)63/h11,13,18-20,23,28,30,32-34,38,60H,4-10,12,14-17,21-22,24-27H2,1-3H3,(H,55,62)(H,51,52,54)(H,53,61,63)/t28-,32?,33?,34?,38+,48?/m0/s1. The number of carbonyl (C=O) groups is 4. The number of imide groups is 1. The first-order chi connectivity index (χ1) is 31.9. The van der Waals surface area contributed by atoms with Gasteiger partial charge in [-0.15, -0.1) is 0 Å². The molecule has 9 rings (SSSR count). The van der Waals surface area contributed by atoms with E-state index in [4.69, 9.17) is 14.5 Å². The number of ether oxygens (including phenoxy) is 2. The number of halogens is 2. The van der Waals surface area contributed by atoms with Crippen molar-refractivity contribution in [3.05, 3.63) is 59.3 Å². The molecular formula is C48H61F2N9O7. The van der Waals surface area contributed by atoms with Gasteiger partial charge in [0.15, 0.2) is 5.82 Å². The number of carbonyl (C=O) groups excluding carboxylic acids is 4. The quantitative estimate of drug-likeness (QED) is 0.165. The van der Waals surface area contributed by atoms with Gasteiger partial charge < -0.3 is 39.9 Å². The zero-order valence-electron chi connectivity index (χ0n) is 38.0. The Bertz CT molecular complexity index is 2310. The van der Waals surface area contributed by atoms with Gasteiger partial charge in [-0.2, -0.15) is 4.98 Å². The van der Waals surface area contributed by atoms with E-state index in [1.807, 2.05) is 11.8 Å². The Hall–Kier alpha value is -5.46. The van der Waals surface area contributed by atoms with Crippen LogP contribution in [0.25, 0.3) is 0 Å². The van der Waals surface area contributed by atoms with E-state index in [2.05, 4.69) is 30.7 Å². The summed E-state index contributed by atoms with van der Waals surface area (Å²) in [6.07, 6.45) is 9.95. The Balaban J connectivity index is 0.868. The van der Waals surface area contributed by atoms with Crippen LogP contribution in [-0.2, 0) is 19.1 Å². The van der Waals surface area contributed by atoms with Gasteiger partial charge in [-0.3, -0.25) is 29.4 Å². The second-order valence-electron chi connectivity index (χ2n) is 19.0. The number of nitrogens with one attached hydrogen (secondary N) is 3. The van der Waals surface area contributed by atoms with Crippen molar-refractivity contribution in [2.75, 3.05) is 73.6 Å². The molecule has 354 valence electrons. The van der Waals surface area contributed by atoms with Crippen LogP contribution < -0.4 is 35.4 Å². The van der Waals surface area contributed by atoms with Crippen molar-refractivity contribution >= 4 is 52.5 Å². The van der Waals surface area contributed by atoms with Crippen LogP contribution in [0.3, 0.4) is 0 Å². The first-order valence-electron chi connectivity index (χ1n) is 23.6. The number of fused-ring (bicyclic) bond motifs is 3. The number of piperidine rings is 3. The second kappa shape index (κ2) is 19.0. The van der Waals surface area contributed by atoms with E-state index in [1.165, 1.54) is 19.2 Å². The zero-order valence-corrected chi connectivity index (χ0v) is 38.0. The third-order valence-corrected chi connectivity index (χ3v) is 14.9. The smallest absolute Gasteiger partial charge is 0.251 e. The van der Waals surface area contributed by atoms with Crippen molar-refractivity contribution < 1.29 is 42.5 Å². The van der Waals surface area contributed by atoms with Crippen LogP contribution in [0, 0.1) is 17.6 Å². The number of likely N-dealkylation sites (N-methyl/N-ethyl adjacent to an activating group) is 1. The third kappa shape index (κ3) is 8.90. The summed E-state index contributed by atoms with van der Waals surface area (Å²) < 4.78 is 42.9. The number of nitrogens with zero attached hydrogens (tertiary/aromatic N) is 6. The third-order valence-electron chi connectivity index (χ3n) is 14.9. The van der Waals surface area contributed by atoms with Gasteiger partial charge in [-0.25, -0.2) is 13.8 Å². The molecule has 66 heavy (non-hydrogen) atoms. The molecule has 3 aromatic rings. The lowest BCUT2D eigenvalue weighted by atomic mass is 9.75. The molecule has 1 aliphatic carbocycles. The van der Waals surface area contributed by atoms with Crippen LogP contribution in [0.15, 0.2) is 36.5 Å². The average molecular weight is 914 g/mol. The summed E-state index contributed by atoms with van der Waals surface area (Å²) in [5.74, 6) is -2.32. The molecule has 4 amide bonds. The number of anilines is 5. The van der Waals surface area contributed by atoms with E-state index in [0.29, 0.717) is 86.3 Å². The Morgan fingerprint density at radius 1 is 1.02 bits per heavy atom. The number of amides is 4. The fourth-order valence-corrected chi connectivity index (χ4v) is 11.7. The lowest BCUT2D eigenvalue weighted by molar-refractivity contribution is -0.134. The molecule has 0 spiro atoms. The maximum Gasteiger partial charge on any atom is 0.251 e. The zero-order chi connectivity index (χ0) is 46.3. The predicted molar refractivity (Wildman–Crippen MR) is 243 cm³/mol. The summed E-state index contributed by atoms with van der Waals surface area (Å²) in [5, 5.41) is 19.2. The number of rotatable bonds is 13. The number of benzene rings is 2. The number of methoxy groups -OCH3 is 1. The normalized spacial score (nSPS) is 27.2. The molecule has 5 atom stereocenters. The molecule has 18 heteroatoms. The van der Waals surface area contributed by atoms with Crippen molar-refractivity contribution in [1.29, 1.82) is 0 Å². The summed E-state index contributed by atoms with van der Waals surface area (Å²) in [6.45, 7) is 4.83. The van der Waals surface area contributed by atoms with Gasteiger partial charge in [0.25, 0.3) is 5.91 Å². The largest absolute Gasteiger partial charge is 0.495 e. The minimum absolute atomic E-state index is 0.0286. The highest BCUT2D eigenvalue weighted by Crippen LogP contribution is 2.42. The molecule has 16 nitrogen and oxygen atoms in total. The molecule has 0 radical (unpaired) electrons. The van der Waals surface area contributed by atoms with Crippen molar-refractivity contribution in [2.45, 2.75) is 120 Å². The summed E-state index contributed by atoms with van der Waals surface area (Å²) >= 11 is 0. The summed E-state index contributed by atoms with van der Waals surface area (Å²) in [4.78, 5) is 69.5. The highest BCUT2D eigenvalue weighted by Gasteiger charge is 2.48. The molecule has 2 bridgehead atoms. The van der Waals surface area contributed by atoms with Gasteiger partial charge in [-0.05, 0) is 94.0 Å². The summed E-state index contributed by atoms with van der Waals surface area (Å²) in [6, 6.07) is 7.64. The Labute approximate surface area is 383 Å². The van der Waals surface area contributed by atoms with Gasteiger partial charge in [-0.1, -0.05) is 19.8 Å². The lowest BCUT2D eigenvalue weighted by Gasteiger charge is -2.55. The van der Waals surface area contributed by atoms with Gasteiger partial charge >= 0.3 is 0 Å². The molecule has 4 saturated heterocycles. The molecule has 5 aliphatic heterocycles. The van der Waals surface area contributed by atoms with Crippen LogP contribution in [0.1, 0.15) is 106 Å². The second-order valence-corrected chi connectivity index (χ2v) is 19.0. The van der Waals surface area contributed by atoms with E-state index in [1.54, 1.807) is 36.3 Å². The maximum atomic E-state index is 15.5. The highest BCUT2D eigenvalue weighted by molar-refractivity contribution is 6.04. The number of aliphatic hydroxyl groups excluding tert-OH is 1. The van der Waals surface area contributed by atoms with Gasteiger partial charge in [0.05, 0.1) is 38.1 Å². The SMILES string of the molecule is CC[C@@H]1C(=O)N(C)c2cnc(Nc3ccc(C(=O)NC4(CCO)CC5COCC(C4)N5C[C@H]4CCCN(c5cc(F)c(C6CCC(=O)NC6=O)c(F)c5)C4)cc3OC)nc2N1C1CCCC1. The number of aromatic nitrogens is 2. The predicted octanol–water partition coefficient (Wildman–Crippen LogP) is 5.16. The fourth-order valence-electron chi connectivity index (χ4n) is 11.7. The van der Waals surface area contributed by atoms with Gasteiger partial charge in [0.1, 0.15) is 29.1 Å². The topological polar surface area (TPSA) is 182 Å². The number of morpholine rings is 1. The molecule has 1 aromatic heterocycles. The lowest BCUT2D eigenvalue weighted by Crippen LogP contribution is -2.67. The van der Waals surface area contributed by atoms with Crippen LogP contribution in [0.4, 0.5) is 37.6 Å². The molecule has 2 aromatic carbocycles. The van der Waals surface area contributed by atoms with Gasteiger partial charge in [0.2, 0.25) is 23.7 Å². The van der Waals surface area contributed by atoms with E-state index in [9.17, 15) is 24.3 Å². The van der Waals surface area contributed by atoms with E-state index < -0.39 is 34.9 Å². The number of hydrogen-bond donors (Lipinski definition) is 4. The minimum Gasteiger partial charge on any atom is -0.495 e. The Kier molecular flexibility index (Phi) is 13.2. The Morgan fingerprint density at radius 3 is 2.44 bits per heavy atom. The van der Waals surface area contributed by atoms with E-state index in [-0.39, 0.29) is 66.9 Å². The fraction of sp³-hybridized carbons (Fsp3) is 0.583. The van der Waals surface area contributed by atoms with Crippen molar-refractivity contribution in [3.8, 4) is 5.75 Å². The van der Waals surface area contributed by atoms with Crippen LogP contribution >= 0.6 is 0 Å². The maximum absolute atomic E-state index is 15.5. The summed E-state index contributed by atoms with van der Waals surface area (Å²) in [7, 11) is 3.31. The van der Waals surface area contributed by atoms with E-state index >= 15 is 8.78 Å². The number of hydrogen-bond acceptors (Lipinski definition) is 13. The van der Waals surface area contributed by atoms with Gasteiger partial charge in [0, 0.05) is 80.2 Å². The van der Waals surface area contributed by atoms with Crippen LogP contribution in [0.2, 0.25) is 0 Å². The van der Waals surface area contributed by atoms with Crippen LogP contribution in [-0.4, -0.2) is 127 Å². The molecule has 4 N–H and O–H groups in total. The first-order valence-corrected chi connectivity index (χ1v) is 23.6. The monoisotopic (exact) mass is 913 g/mol. The first kappa shape index (κ1) is 45.7. The van der Waals surface area contributed by atoms with Crippen LogP contribution in [0.5, 0.6) is 5.75 Å². The minimum atomic E-state index is -1.05. The molecule has 1 saturated carbocycles. The van der Waals surface area contributed by atoms with E-state index in [0.717, 1.165) is 50.9 Å². The molecule has 3 unspecified atom stereocenters. The highest BCUT2D eigenvalue weighted by atomic mass is 19.1. The molecule has 6 heterocycles. The van der Waals surface area contributed by atoms with Crippen molar-refractivity contribution in [1.82, 2.24) is 25.5 Å². The molecular weight excluding hydrogens is 853 g/mol. The van der Waals surface area contributed by atoms with Crippen molar-refractivity contribution in [3.63, 3.8) is 0 Å². The summed E-state index contributed by atoms with van der Waals surface area (Å²) in [5.41, 5.74) is 1.06. The van der Waals surface area contributed by atoms with Crippen molar-refractivity contribution in [2.24, 2.45) is 5.92 Å².